The van der Waals surface area contributed by atoms with Crippen molar-refractivity contribution in [1.29, 1.82) is 0 Å². The monoisotopic (exact) mass is 430 g/mol. The molecule has 0 radical (unpaired) electrons. The van der Waals surface area contributed by atoms with Gasteiger partial charge in [-0.2, -0.15) is 11.8 Å². The molecule has 0 saturated heterocycles. The lowest BCUT2D eigenvalue weighted by Crippen LogP contribution is -2.43. The smallest absolute Gasteiger partial charge is 0.225 e. The van der Waals surface area contributed by atoms with E-state index >= 15 is 0 Å². The van der Waals surface area contributed by atoms with Gasteiger partial charge in [0.1, 0.15) is 0 Å². The molecule has 0 aromatic carbocycles. The molecule has 0 atom stereocenters. The number of hydrogen-bond donors (Lipinski definition) is 3. The summed E-state index contributed by atoms with van der Waals surface area (Å²) in [5.74, 6) is 2.06. The highest BCUT2D eigenvalue weighted by Crippen LogP contribution is 2.11. The molecule has 126 valence electrons. The summed E-state index contributed by atoms with van der Waals surface area (Å²) in [4.78, 5) is 15.8. The van der Waals surface area contributed by atoms with E-state index in [1.165, 1.54) is 12.2 Å². The molecule has 0 aliphatic rings. The molecule has 0 aromatic heterocycles. The van der Waals surface area contributed by atoms with Crippen molar-refractivity contribution in [2.45, 2.75) is 33.6 Å². The summed E-state index contributed by atoms with van der Waals surface area (Å²) >= 11 is 1.87. The molecule has 0 aromatic rings. The van der Waals surface area contributed by atoms with Crippen molar-refractivity contribution in [2.75, 3.05) is 38.7 Å². The Kier molecular flexibility index (Phi) is 14.8. The van der Waals surface area contributed by atoms with E-state index in [0.717, 1.165) is 18.9 Å². The normalized spacial score (nSPS) is 11.6. The van der Waals surface area contributed by atoms with Gasteiger partial charge in [-0.1, -0.05) is 20.8 Å². The number of hydrogen-bond acceptors (Lipinski definition) is 3. The van der Waals surface area contributed by atoms with Gasteiger partial charge < -0.3 is 16.0 Å². The topological polar surface area (TPSA) is 65.5 Å². The van der Waals surface area contributed by atoms with Crippen molar-refractivity contribution >= 4 is 47.6 Å². The second-order valence-electron chi connectivity index (χ2n) is 5.63. The zero-order valence-corrected chi connectivity index (χ0v) is 17.1. The lowest BCUT2D eigenvalue weighted by molar-refractivity contribution is -0.128. The Morgan fingerprint density at radius 2 is 1.62 bits per heavy atom. The molecule has 0 heterocycles. The average Bonchev–Trinajstić information content (AvgIpc) is 2.39. The van der Waals surface area contributed by atoms with E-state index in [2.05, 4.69) is 27.2 Å². The summed E-state index contributed by atoms with van der Waals surface area (Å²) in [6.45, 7) is 7.92. The number of carbonyl (C=O) groups is 1. The molecular formula is C14H31IN4OS. The second kappa shape index (κ2) is 13.5. The van der Waals surface area contributed by atoms with Crippen LogP contribution in [0.2, 0.25) is 0 Å². The van der Waals surface area contributed by atoms with E-state index in [9.17, 15) is 4.79 Å². The molecule has 0 saturated carbocycles. The van der Waals surface area contributed by atoms with Crippen molar-refractivity contribution in [3.63, 3.8) is 0 Å². The Balaban J connectivity index is 0. The van der Waals surface area contributed by atoms with Crippen LogP contribution in [0.5, 0.6) is 0 Å². The Hall–Kier alpha value is -0.180. The zero-order chi connectivity index (χ0) is 15.4. The third-order valence-electron chi connectivity index (χ3n) is 2.68. The maximum atomic E-state index is 11.7. The minimum atomic E-state index is -0.336. The fraction of sp³-hybridized carbons (Fsp3) is 0.857. The van der Waals surface area contributed by atoms with E-state index < -0.39 is 0 Å². The van der Waals surface area contributed by atoms with Crippen molar-refractivity contribution in [3.8, 4) is 0 Å². The molecule has 0 aliphatic heterocycles. The third-order valence-corrected chi connectivity index (χ3v) is 3.37. The summed E-state index contributed by atoms with van der Waals surface area (Å²) in [5, 5.41) is 9.35. The first-order chi connectivity index (χ1) is 9.41. The van der Waals surface area contributed by atoms with E-state index in [0.29, 0.717) is 13.1 Å². The van der Waals surface area contributed by atoms with Crippen LogP contribution < -0.4 is 16.0 Å². The number of aliphatic imine (C=N–C) groups is 1. The largest absolute Gasteiger partial charge is 0.356 e. The number of unbranched alkanes of at least 4 members (excludes halogenated alkanes) is 1. The molecule has 0 rings (SSSR count). The number of nitrogens with zero attached hydrogens (tertiary/aromatic N) is 1. The number of rotatable bonds is 8. The van der Waals surface area contributed by atoms with Gasteiger partial charge in [0.05, 0.1) is 0 Å². The van der Waals surface area contributed by atoms with Gasteiger partial charge in [-0.05, 0) is 24.9 Å². The summed E-state index contributed by atoms with van der Waals surface area (Å²) in [6.07, 6.45) is 4.48. The third kappa shape index (κ3) is 13.2. The summed E-state index contributed by atoms with van der Waals surface area (Å²) in [6, 6.07) is 0. The highest BCUT2D eigenvalue weighted by atomic mass is 127. The van der Waals surface area contributed by atoms with Crippen LogP contribution in [-0.2, 0) is 4.79 Å². The number of nitrogens with one attached hydrogen (secondary N) is 3. The van der Waals surface area contributed by atoms with E-state index in [1.54, 1.807) is 7.05 Å². The predicted octanol–water partition coefficient (Wildman–Crippen LogP) is 2.07. The maximum Gasteiger partial charge on any atom is 0.225 e. The van der Waals surface area contributed by atoms with Crippen molar-refractivity contribution in [1.82, 2.24) is 16.0 Å². The van der Waals surface area contributed by atoms with Crippen LogP contribution in [0.1, 0.15) is 33.6 Å². The summed E-state index contributed by atoms with van der Waals surface area (Å²) in [7, 11) is 1.75. The lowest BCUT2D eigenvalue weighted by Gasteiger charge is -2.18. The molecule has 7 heteroatoms. The lowest BCUT2D eigenvalue weighted by atomic mass is 9.96. The van der Waals surface area contributed by atoms with Gasteiger partial charge in [-0.15, -0.1) is 24.0 Å². The van der Waals surface area contributed by atoms with Gasteiger partial charge in [-0.25, -0.2) is 0 Å². The van der Waals surface area contributed by atoms with Gasteiger partial charge >= 0.3 is 0 Å². The summed E-state index contributed by atoms with van der Waals surface area (Å²) < 4.78 is 0. The van der Waals surface area contributed by atoms with E-state index in [-0.39, 0.29) is 35.3 Å². The SMILES string of the molecule is CN=C(NCCCCSC)NCCNC(=O)C(C)(C)C.I. The van der Waals surface area contributed by atoms with Crippen LogP contribution in [0.4, 0.5) is 0 Å². The summed E-state index contributed by atoms with van der Waals surface area (Å²) in [5.41, 5.74) is -0.336. The van der Waals surface area contributed by atoms with Gasteiger partial charge in [0, 0.05) is 32.1 Å². The Labute approximate surface area is 150 Å². The first kappa shape index (κ1) is 23.1. The van der Waals surface area contributed by atoms with E-state index in [1.807, 2.05) is 32.5 Å². The van der Waals surface area contributed by atoms with Crippen LogP contribution >= 0.6 is 35.7 Å². The Bertz CT molecular complexity index is 306. The van der Waals surface area contributed by atoms with E-state index in [4.69, 9.17) is 0 Å². The van der Waals surface area contributed by atoms with Crippen molar-refractivity contribution in [2.24, 2.45) is 10.4 Å². The van der Waals surface area contributed by atoms with Crippen LogP contribution in [0.15, 0.2) is 4.99 Å². The standard InChI is InChI=1S/C14H30N4OS.HI/c1-14(2,3)12(19)16-9-10-18-13(15-4)17-8-6-7-11-20-5;/h6-11H2,1-5H3,(H,16,19)(H2,15,17,18);1H. The molecule has 0 spiro atoms. The van der Waals surface area contributed by atoms with Crippen LogP contribution in [0.3, 0.4) is 0 Å². The van der Waals surface area contributed by atoms with Crippen LogP contribution in [0.25, 0.3) is 0 Å². The zero-order valence-electron chi connectivity index (χ0n) is 13.9. The van der Waals surface area contributed by atoms with Crippen molar-refractivity contribution < 1.29 is 4.79 Å². The number of guanidine groups is 1. The maximum absolute atomic E-state index is 11.7. The number of carbonyl (C=O) groups excluding carboxylic acids is 1. The molecule has 5 nitrogen and oxygen atoms in total. The second-order valence-corrected chi connectivity index (χ2v) is 6.62. The molecule has 1 amide bonds. The van der Waals surface area contributed by atoms with Gasteiger partial charge in [0.25, 0.3) is 0 Å². The molecule has 0 aliphatic carbocycles. The first-order valence-corrected chi connectivity index (χ1v) is 8.53. The minimum Gasteiger partial charge on any atom is -0.356 e. The average molecular weight is 430 g/mol. The highest BCUT2D eigenvalue weighted by Gasteiger charge is 2.20. The van der Waals surface area contributed by atoms with Crippen LogP contribution in [-0.4, -0.2) is 50.6 Å². The number of halogens is 1. The van der Waals surface area contributed by atoms with Gasteiger partial charge in [-0.3, -0.25) is 9.79 Å². The molecule has 0 bridgehead atoms. The molecular weight excluding hydrogens is 399 g/mol. The Morgan fingerprint density at radius 1 is 1.05 bits per heavy atom. The fourth-order valence-electron chi connectivity index (χ4n) is 1.42. The first-order valence-electron chi connectivity index (χ1n) is 7.13. The Morgan fingerprint density at radius 3 is 2.14 bits per heavy atom. The quantitative estimate of drug-likeness (QED) is 0.239. The molecule has 0 unspecified atom stereocenters. The molecule has 3 N–H and O–H groups in total. The van der Waals surface area contributed by atoms with Crippen LogP contribution in [0, 0.1) is 5.41 Å². The predicted molar refractivity (Wildman–Crippen MR) is 105 cm³/mol. The minimum absolute atomic E-state index is 0. The van der Waals surface area contributed by atoms with Gasteiger partial charge in [0.15, 0.2) is 5.96 Å². The highest BCUT2D eigenvalue weighted by molar-refractivity contribution is 14.0. The number of amides is 1. The number of thioether (sulfide) groups is 1. The molecule has 0 fully saturated rings. The molecule has 21 heavy (non-hydrogen) atoms. The van der Waals surface area contributed by atoms with Crippen molar-refractivity contribution in [3.05, 3.63) is 0 Å². The fourth-order valence-corrected chi connectivity index (χ4v) is 1.91. The van der Waals surface area contributed by atoms with Gasteiger partial charge in [0.2, 0.25) is 5.91 Å².